The maximum Gasteiger partial charge on any atom is 0.225 e. The summed E-state index contributed by atoms with van der Waals surface area (Å²) in [7, 11) is 1.87. The van der Waals surface area contributed by atoms with E-state index < -0.39 is 0 Å². The van der Waals surface area contributed by atoms with E-state index in [2.05, 4.69) is 25.7 Å². The lowest BCUT2D eigenvalue weighted by Crippen LogP contribution is -2.45. The smallest absolute Gasteiger partial charge is 0.225 e. The SMILES string of the molecule is CCNC(=NCc1ncnn1C)NC1CCN(C(=O)C2CCCCC2)C1.I. The molecular formula is C18H32IN7O. The molecule has 2 N–H and O–H groups in total. The van der Waals surface area contributed by atoms with Crippen molar-refractivity contribution in [3.8, 4) is 0 Å². The van der Waals surface area contributed by atoms with Gasteiger partial charge in [-0.2, -0.15) is 5.10 Å². The summed E-state index contributed by atoms with van der Waals surface area (Å²) in [5.41, 5.74) is 0. The molecule has 27 heavy (non-hydrogen) atoms. The molecule has 1 aromatic rings. The van der Waals surface area contributed by atoms with Gasteiger partial charge in [-0.05, 0) is 26.2 Å². The van der Waals surface area contributed by atoms with Crippen LogP contribution in [0.1, 0.15) is 51.3 Å². The molecule has 2 fully saturated rings. The van der Waals surface area contributed by atoms with E-state index in [4.69, 9.17) is 0 Å². The van der Waals surface area contributed by atoms with E-state index in [-0.39, 0.29) is 35.9 Å². The van der Waals surface area contributed by atoms with E-state index in [1.54, 1.807) is 4.68 Å². The third kappa shape index (κ3) is 6.05. The molecule has 0 aromatic carbocycles. The Morgan fingerprint density at radius 2 is 2.07 bits per heavy atom. The van der Waals surface area contributed by atoms with Crippen molar-refractivity contribution in [1.82, 2.24) is 30.3 Å². The van der Waals surface area contributed by atoms with Gasteiger partial charge in [0.1, 0.15) is 18.7 Å². The summed E-state index contributed by atoms with van der Waals surface area (Å²) in [5.74, 6) is 2.20. The molecule has 1 aromatic heterocycles. The Labute approximate surface area is 178 Å². The molecule has 1 unspecified atom stereocenters. The maximum atomic E-state index is 12.7. The van der Waals surface area contributed by atoms with Crippen LogP contribution in [0, 0.1) is 5.92 Å². The van der Waals surface area contributed by atoms with Crippen molar-refractivity contribution in [2.45, 2.75) is 58.0 Å². The molecule has 2 aliphatic rings. The predicted molar refractivity (Wildman–Crippen MR) is 116 cm³/mol. The molecule has 2 heterocycles. The number of carbonyl (C=O) groups is 1. The minimum absolute atomic E-state index is 0. The summed E-state index contributed by atoms with van der Waals surface area (Å²) in [6.07, 6.45) is 8.31. The topological polar surface area (TPSA) is 87.4 Å². The Kier molecular flexibility index (Phi) is 8.78. The first-order valence-corrected chi connectivity index (χ1v) is 9.84. The monoisotopic (exact) mass is 489 g/mol. The van der Waals surface area contributed by atoms with Gasteiger partial charge in [0.15, 0.2) is 5.96 Å². The van der Waals surface area contributed by atoms with Crippen molar-refractivity contribution in [3.05, 3.63) is 12.2 Å². The first-order valence-electron chi connectivity index (χ1n) is 9.84. The molecule has 8 nitrogen and oxygen atoms in total. The van der Waals surface area contributed by atoms with Gasteiger partial charge in [-0.15, -0.1) is 24.0 Å². The Bertz CT molecular complexity index is 627. The van der Waals surface area contributed by atoms with Crippen LogP contribution in [0.25, 0.3) is 0 Å². The number of hydrogen-bond donors (Lipinski definition) is 2. The molecule has 1 saturated heterocycles. The van der Waals surface area contributed by atoms with E-state index in [1.165, 1.54) is 25.6 Å². The predicted octanol–water partition coefficient (Wildman–Crippen LogP) is 1.67. The molecule has 0 spiro atoms. The minimum Gasteiger partial charge on any atom is -0.357 e. The normalized spacial score (nSPS) is 21.0. The van der Waals surface area contributed by atoms with Crippen LogP contribution in [-0.2, 0) is 18.4 Å². The van der Waals surface area contributed by atoms with E-state index in [0.29, 0.717) is 12.5 Å². The van der Waals surface area contributed by atoms with Gasteiger partial charge >= 0.3 is 0 Å². The fraction of sp³-hybridized carbons (Fsp3) is 0.778. The number of halogens is 1. The molecule has 1 aliphatic heterocycles. The molecule has 1 atom stereocenters. The lowest BCUT2D eigenvalue weighted by molar-refractivity contribution is -0.135. The first-order chi connectivity index (χ1) is 12.7. The Morgan fingerprint density at radius 1 is 1.30 bits per heavy atom. The molecule has 1 saturated carbocycles. The number of aromatic nitrogens is 3. The quantitative estimate of drug-likeness (QED) is 0.374. The lowest BCUT2D eigenvalue weighted by atomic mass is 9.88. The molecule has 152 valence electrons. The number of guanidine groups is 1. The van der Waals surface area contributed by atoms with Crippen molar-refractivity contribution >= 4 is 35.8 Å². The van der Waals surface area contributed by atoms with Gasteiger partial charge in [-0.25, -0.2) is 9.98 Å². The zero-order valence-corrected chi connectivity index (χ0v) is 18.7. The fourth-order valence-electron chi connectivity index (χ4n) is 3.81. The molecular weight excluding hydrogens is 457 g/mol. The van der Waals surface area contributed by atoms with Gasteiger partial charge in [0.25, 0.3) is 0 Å². The number of rotatable bonds is 5. The van der Waals surface area contributed by atoms with Crippen LogP contribution < -0.4 is 10.6 Å². The van der Waals surface area contributed by atoms with Crippen LogP contribution in [-0.4, -0.2) is 57.2 Å². The zero-order valence-electron chi connectivity index (χ0n) is 16.4. The van der Waals surface area contributed by atoms with Gasteiger partial charge in [0.2, 0.25) is 5.91 Å². The second kappa shape index (κ2) is 10.8. The Balaban J connectivity index is 0.00000261. The average Bonchev–Trinajstić information content (AvgIpc) is 3.29. The number of nitrogens with zero attached hydrogens (tertiary/aromatic N) is 5. The first kappa shape index (κ1) is 21.9. The van der Waals surface area contributed by atoms with Crippen molar-refractivity contribution in [1.29, 1.82) is 0 Å². The molecule has 1 aliphatic carbocycles. The summed E-state index contributed by atoms with van der Waals surface area (Å²) in [5, 5.41) is 10.8. The van der Waals surface area contributed by atoms with Crippen LogP contribution in [0.5, 0.6) is 0 Å². The third-order valence-electron chi connectivity index (χ3n) is 5.32. The summed E-state index contributed by atoms with van der Waals surface area (Å²) < 4.78 is 1.73. The van der Waals surface area contributed by atoms with Crippen LogP contribution in [0.4, 0.5) is 0 Å². The van der Waals surface area contributed by atoms with E-state index >= 15 is 0 Å². The van der Waals surface area contributed by atoms with Crippen molar-refractivity contribution in [2.24, 2.45) is 18.0 Å². The van der Waals surface area contributed by atoms with E-state index in [9.17, 15) is 4.79 Å². The van der Waals surface area contributed by atoms with Crippen molar-refractivity contribution in [2.75, 3.05) is 19.6 Å². The maximum absolute atomic E-state index is 12.7. The average molecular weight is 489 g/mol. The largest absolute Gasteiger partial charge is 0.357 e. The lowest BCUT2D eigenvalue weighted by Gasteiger charge is -2.26. The standard InChI is InChI=1S/C18H31N7O.HI/c1-3-19-18(20-11-16-21-13-22-24(16)2)23-15-9-10-25(12-15)17(26)14-7-5-4-6-8-14;/h13-15H,3-12H2,1-2H3,(H2,19,20,23);1H. The highest BCUT2D eigenvalue weighted by atomic mass is 127. The van der Waals surface area contributed by atoms with Gasteiger partial charge in [0.05, 0.1) is 0 Å². The second-order valence-electron chi connectivity index (χ2n) is 7.24. The van der Waals surface area contributed by atoms with Gasteiger partial charge < -0.3 is 15.5 Å². The number of amides is 1. The van der Waals surface area contributed by atoms with Crippen LogP contribution in [0.3, 0.4) is 0 Å². The summed E-state index contributed by atoms with van der Waals surface area (Å²) in [4.78, 5) is 23.6. The summed E-state index contributed by atoms with van der Waals surface area (Å²) >= 11 is 0. The fourth-order valence-corrected chi connectivity index (χ4v) is 3.81. The number of aryl methyl sites for hydroxylation is 1. The number of nitrogens with one attached hydrogen (secondary N) is 2. The molecule has 3 rings (SSSR count). The molecule has 0 bridgehead atoms. The summed E-state index contributed by atoms with van der Waals surface area (Å²) in [6.45, 7) is 4.93. The van der Waals surface area contributed by atoms with Crippen LogP contribution in [0.2, 0.25) is 0 Å². The number of aliphatic imine (C=N–C) groups is 1. The highest BCUT2D eigenvalue weighted by Gasteiger charge is 2.31. The van der Waals surface area contributed by atoms with Crippen molar-refractivity contribution < 1.29 is 4.79 Å². The zero-order chi connectivity index (χ0) is 18.4. The molecule has 1 amide bonds. The third-order valence-corrected chi connectivity index (χ3v) is 5.32. The van der Waals surface area contributed by atoms with Crippen LogP contribution >= 0.6 is 24.0 Å². The number of carbonyl (C=O) groups excluding carboxylic acids is 1. The highest BCUT2D eigenvalue weighted by molar-refractivity contribution is 14.0. The highest BCUT2D eigenvalue weighted by Crippen LogP contribution is 2.26. The van der Waals surface area contributed by atoms with E-state index in [1.807, 2.05) is 18.9 Å². The van der Waals surface area contributed by atoms with Gasteiger partial charge in [-0.3, -0.25) is 9.48 Å². The molecule has 9 heteroatoms. The van der Waals surface area contributed by atoms with E-state index in [0.717, 1.165) is 50.7 Å². The minimum atomic E-state index is 0. The second-order valence-corrected chi connectivity index (χ2v) is 7.24. The molecule has 0 radical (unpaired) electrons. The Hall–Kier alpha value is -1.39. The van der Waals surface area contributed by atoms with Gasteiger partial charge in [0, 0.05) is 38.6 Å². The number of hydrogen-bond acceptors (Lipinski definition) is 4. The van der Waals surface area contributed by atoms with Gasteiger partial charge in [-0.1, -0.05) is 19.3 Å². The van der Waals surface area contributed by atoms with Crippen molar-refractivity contribution in [3.63, 3.8) is 0 Å². The van der Waals surface area contributed by atoms with Crippen LogP contribution in [0.15, 0.2) is 11.3 Å². The summed E-state index contributed by atoms with van der Waals surface area (Å²) in [6, 6.07) is 0.250. The Morgan fingerprint density at radius 3 is 2.74 bits per heavy atom. The number of likely N-dealkylation sites (tertiary alicyclic amines) is 1.